The molecule has 0 fully saturated rings. The molecule has 27 heavy (non-hydrogen) atoms. The SMILES string of the molecule is CC(=O)Nc1ccccc1OCC(=O)N(Cc1ccco1)C1=CCCCC1. The van der Waals surface area contributed by atoms with Crippen molar-refractivity contribution in [1.29, 1.82) is 0 Å². The Bertz CT molecular complexity index is 811. The lowest BCUT2D eigenvalue weighted by Crippen LogP contribution is -2.34. The van der Waals surface area contributed by atoms with Crippen molar-refractivity contribution in [2.24, 2.45) is 0 Å². The van der Waals surface area contributed by atoms with Gasteiger partial charge in [0.2, 0.25) is 5.91 Å². The van der Waals surface area contributed by atoms with E-state index in [2.05, 4.69) is 11.4 Å². The minimum atomic E-state index is -0.191. The zero-order valence-electron chi connectivity index (χ0n) is 15.4. The van der Waals surface area contributed by atoms with E-state index in [0.29, 0.717) is 18.0 Å². The maximum Gasteiger partial charge on any atom is 0.265 e. The van der Waals surface area contributed by atoms with Gasteiger partial charge in [-0.05, 0) is 49.9 Å². The topological polar surface area (TPSA) is 71.8 Å². The molecule has 1 aliphatic rings. The van der Waals surface area contributed by atoms with E-state index < -0.39 is 0 Å². The Morgan fingerprint density at radius 3 is 2.74 bits per heavy atom. The van der Waals surface area contributed by atoms with Crippen molar-refractivity contribution < 1.29 is 18.7 Å². The predicted octanol–water partition coefficient (Wildman–Crippen LogP) is 4.10. The van der Waals surface area contributed by atoms with Crippen LogP contribution in [-0.4, -0.2) is 23.3 Å². The van der Waals surface area contributed by atoms with Crippen LogP contribution >= 0.6 is 0 Å². The summed E-state index contributed by atoms with van der Waals surface area (Å²) < 4.78 is 11.1. The van der Waals surface area contributed by atoms with Crippen molar-refractivity contribution in [3.05, 3.63) is 60.2 Å². The second kappa shape index (κ2) is 9.07. The average Bonchev–Trinajstić information content (AvgIpc) is 3.19. The van der Waals surface area contributed by atoms with Gasteiger partial charge in [0.1, 0.15) is 11.5 Å². The molecule has 1 aliphatic carbocycles. The molecule has 0 spiro atoms. The molecule has 2 aromatic rings. The standard InChI is InChI=1S/C21H24N2O4/c1-16(24)22-19-11-5-6-12-20(19)27-15-21(25)23(14-18-10-7-13-26-18)17-8-3-2-4-9-17/h5-8,10-13H,2-4,9,14-15H2,1H3,(H,22,24). The molecular weight excluding hydrogens is 344 g/mol. The van der Waals surface area contributed by atoms with Crippen LogP contribution in [-0.2, 0) is 16.1 Å². The molecule has 0 bridgehead atoms. The number of nitrogens with zero attached hydrogens (tertiary/aromatic N) is 1. The maximum absolute atomic E-state index is 12.9. The number of allylic oxidation sites excluding steroid dienone is 2. The molecule has 1 aromatic heterocycles. The Morgan fingerprint density at radius 2 is 2.04 bits per heavy atom. The second-order valence-corrected chi connectivity index (χ2v) is 6.47. The fraction of sp³-hybridized carbons (Fsp3) is 0.333. The van der Waals surface area contributed by atoms with Crippen molar-refractivity contribution in [2.75, 3.05) is 11.9 Å². The summed E-state index contributed by atoms with van der Waals surface area (Å²) in [6, 6.07) is 10.7. The number of benzene rings is 1. The third kappa shape index (κ3) is 5.23. The maximum atomic E-state index is 12.9. The van der Waals surface area contributed by atoms with Gasteiger partial charge in [-0.15, -0.1) is 0 Å². The molecule has 0 atom stereocenters. The molecular formula is C21H24N2O4. The van der Waals surface area contributed by atoms with Crippen LogP contribution < -0.4 is 10.1 Å². The van der Waals surface area contributed by atoms with Gasteiger partial charge in [0.05, 0.1) is 18.5 Å². The smallest absolute Gasteiger partial charge is 0.265 e. The number of hydrogen-bond donors (Lipinski definition) is 1. The highest BCUT2D eigenvalue weighted by atomic mass is 16.5. The van der Waals surface area contributed by atoms with Gasteiger partial charge in [0, 0.05) is 12.6 Å². The number of anilines is 1. The number of para-hydroxylation sites is 2. The number of ether oxygens (including phenoxy) is 1. The molecule has 1 N–H and O–H groups in total. The van der Waals surface area contributed by atoms with E-state index in [1.165, 1.54) is 6.92 Å². The van der Waals surface area contributed by atoms with E-state index in [-0.39, 0.29) is 18.4 Å². The van der Waals surface area contributed by atoms with E-state index >= 15 is 0 Å². The lowest BCUT2D eigenvalue weighted by molar-refractivity contribution is -0.132. The first kappa shape index (κ1) is 18.8. The summed E-state index contributed by atoms with van der Waals surface area (Å²) >= 11 is 0. The molecule has 0 radical (unpaired) electrons. The molecule has 0 unspecified atom stereocenters. The van der Waals surface area contributed by atoms with E-state index in [1.54, 1.807) is 35.4 Å². The summed E-state index contributed by atoms with van der Waals surface area (Å²) in [5, 5.41) is 2.71. The third-order valence-electron chi connectivity index (χ3n) is 4.36. The van der Waals surface area contributed by atoms with Gasteiger partial charge < -0.3 is 19.4 Å². The summed E-state index contributed by atoms with van der Waals surface area (Å²) in [6.45, 7) is 1.70. The molecule has 6 heteroatoms. The molecule has 1 heterocycles. The first-order valence-corrected chi connectivity index (χ1v) is 9.14. The Morgan fingerprint density at radius 1 is 1.19 bits per heavy atom. The monoisotopic (exact) mass is 368 g/mol. The summed E-state index contributed by atoms with van der Waals surface area (Å²) in [5.41, 5.74) is 1.56. The second-order valence-electron chi connectivity index (χ2n) is 6.47. The van der Waals surface area contributed by atoms with Crippen molar-refractivity contribution >= 4 is 17.5 Å². The summed E-state index contributed by atoms with van der Waals surface area (Å²) in [4.78, 5) is 26.0. The minimum absolute atomic E-state index is 0.116. The molecule has 0 saturated carbocycles. The highest BCUT2D eigenvalue weighted by Crippen LogP contribution is 2.26. The Balaban J connectivity index is 1.71. The lowest BCUT2D eigenvalue weighted by atomic mass is 10.0. The predicted molar refractivity (Wildman–Crippen MR) is 102 cm³/mol. The van der Waals surface area contributed by atoms with Gasteiger partial charge in [0.25, 0.3) is 5.91 Å². The van der Waals surface area contributed by atoms with Crippen molar-refractivity contribution in [3.63, 3.8) is 0 Å². The zero-order chi connectivity index (χ0) is 19.1. The van der Waals surface area contributed by atoms with E-state index in [9.17, 15) is 9.59 Å². The van der Waals surface area contributed by atoms with Crippen molar-refractivity contribution in [3.8, 4) is 5.75 Å². The number of amides is 2. The number of carbonyl (C=O) groups is 2. The Kier molecular flexibility index (Phi) is 6.30. The van der Waals surface area contributed by atoms with Crippen LogP contribution in [0.2, 0.25) is 0 Å². The van der Waals surface area contributed by atoms with Crippen molar-refractivity contribution in [1.82, 2.24) is 4.90 Å². The highest BCUT2D eigenvalue weighted by molar-refractivity contribution is 5.90. The van der Waals surface area contributed by atoms with Gasteiger partial charge in [-0.2, -0.15) is 0 Å². The fourth-order valence-corrected chi connectivity index (χ4v) is 3.08. The average molecular weight is 368 g/mol. The van der Waals surface area contributed by atoms with E-state index in [4.69, 9.17) is 9.15 Å². The number of rotatable bonds is 7. The molecule has 0 aliphatic heterocycles. The third-order valence-corrected chi connectivity index (χ3v) is 4.36. The van der Waals surface area contributed by atoms with Gasteiger partial charge in [-0.3, -0.25) is 9.59 Å². The van der Waals surface area contributed by atoms with Gasteiger partial charge >= 0.3 is 0 Å². The van der Waals surface area contributed by atoms with Gasteiger partial charge in [-0.25, -0.2) is 0 Å². The molecule has 1 aromatic carbocycles. The van der Waals surface area contributed by atoms with Crippen LogP contribution in [0.3, 0.4) is 0 Å². The Hall–Kier alpha value is -3.02. The molecule has 6 nitrogen and oxygen atoms in total. The Labute approximate surface area is 158 Å². The summed E-state index contributed by atoms with van der Waals surface area (Å²) in [6.07, 6.45) is 7.79. The lowest BCUT2D eigenvalue weighted by Gasteiger charge is -2.27. The van der Waals surface area contributed by atoms with Crippen LogP contribution in [0.25, 0.3) is 0 Å². The molecule has 0 saturated heterocycles. The number of furan rings is 1. The van der Waals surface area contributed by atoms with Crippen LogP contribution in [0.5, 0.6) is 5.75 Å². The van der Waals surface area contributed by atoms with Crippen LogP contribution in [0.1, 0.15) is 38.4 Å². The summed E-state index contributed by atoms with van der Waals surface area (Å²) in [5.74, 6) is 0.867. The number of hydrogen-bond acceptors (Lipinski definition) is 4. The largest absolute Gasteiger partial charge is 0.482 e. The van der Waals surface area contributed by atoms with Crippen molar-refractivity contribution in [2.45, 2.75) is 39.2 Å². The van der Waals surface area contributed by atoms with E-state index in [1.807, 2.05) is 12.1 Å². The van der Waals surface area contributed by atoms with Crippen LogP contribution in [0.4, 0.5) is 5.69 Å². The fourth-order valence-electron chi connectivity index (χ4n) is 3.08. The first-order valence-electron chi connectivity index (χ1n) is 9.14. The summed E-state index contributed by atoms with van der Waals surface area (Å²) in [7, 11) is 0. The number of carbonyl (C=O) groups excluding carboxylic acids is 2. The zero-order valence-corrected chi connectivity index (χ0v) is 15.4. The number of nitrogens with one attached hydrogen (secondary N) is 1. The molecule has 142 valence electrons. The van der Waals surface area contributed by atoms with E-state index in [0.717, 1.165) is 37.1 Å². The van der Waals surface area contributed by atoms with Gasteiger partial charge in [-0.1, -0.05) is 18.2 Å². The quantitative estimate of drug-likeness (QED) is 0.798. The molecule has 3 rings (SSSR count). The minimum Gasteiger partial charge on any atom is -0.482 e. The van der Waals surface area contributed by atoms with Crippen LogP contribution in [0, 0.1) is 0 Å². The highest BCUT2D eigenvalue weighted by Gasteiger charge is 2.21. The first-order chi connectivity index (χ1) is 13.1. The van der Waals surface area contributed by atoms with Gasteiger partial charge in [0.15, 0.2) is 6.61 Å². The molecule has 2 amide bonds. The van der Waals surface area contributed by atoms with Crippen LogP contribution in [0.15, 0.2) is 58.9 Å². The normalized spacial score (nSPS) is 13.6.